The summed E-state index contributed by atoms with van der Waals surface area (Å²) in [7, 11) is 0. The van der Waals surface area contributed by atoms with Gasteiger partial charge < -0.3 is 4.74 Å². The first-order valence-corrected chi connectivity index (χ1v) is 12.0. The molecule has 0 unspecified atom stereocenters. The molecule has 4 rings (SSSR count). The molecule has 0 atom stereocenters. The predicted molar refractivity (Wildman–Crippen MR) is 140 cm³/mol. The van der Waals surface area contributed by atoms with E-state index in [4.69, 9.17) is 4.74 Å². The summed E-state index contributed by atoms with van der Waals surface area (Å²) in [5, 5.41) is 17.3. The number of carbonyl (C=O) groups is 1. The molecule has 0 heterocycles. The van der Waals surface area contributed by atoms with Crippen molar-refractivity contribution in [1.29, 1.82) is 0 Å². The number of benzene rings is 4. The number of ether oxygens (including phenoxy) is 1. The molecule has 0 aliphatic heterocycles. The zero-order valence-electron chi connectivity index (χ0n) is 19.5. The first-order valence-electron chi connectivity index (χ1n) is 11.2. The maximum Gasteiger partial charge on any atom is 0.416 e. The van der Waals surface area contributed by atoms with Crippen molar-refractivity contribution >= 4 is 44.5 Å². The number of carbonyl (C=O) groups excluding carboxylic acids is 1. The van der Waals surface area contributed by atoms with Crippen molar-refractivity contribution in [2.45, 2.75) is 19.2 Å². The van der Waals surface area contributed by atoms with E-state index in [0.717, 1.165) is 22.4 Å². The molecule has 0 aliphatic rings. The van der Waals surface area contributed by atoms with Crippen LogP contribution in [0.1, 0.15) is 22.3 Å². The number of nitro benzene ring substituents is 1. The summed E-state index contributed by atoms with van der Waals surface area (Å²) in [5.74, 6) is -0.118. The molecule has 0 aliphatic carbocycles. The lowest BCUT2D eigenvalue weighted by molar-refractivity contribution is -0.385. The highest BCUT2D eigenvalue weighted by atomic mass is 79.9. The smallest absolute Gasteiger partial charge is 0.416 e. The average molecular weight is 586 g/mol. The van der Waals surface area contributed by atoms with Crippen LogP contribution < -0.4 is 10.2 Å². The molecule has 0 spiro atoms. The average Bonchev–Trinajstić information content (AvgIpc) is 2.87. The van der Waals surface area contributed by atoms with Gasteiger partial charge in [0.05, 0.1) is 27.6 Å². The van der Waals surface area contributed by atoms with Crippen LogP contribution in [-0.4, -0.2) is 17.0 Å². The summed E-state index contributed by atoms with van der Waals surface area (Å²) >= 11 is 3.45. The molecule has 0 saturated heterocycles. The number of rotatable bonds is 8. The normalized spacial score (nSPS) is 11.6. The van der Waals surface area contributed by atoms with Crippen LogP contribution in [0.4, 0.5) is 18.9 Å². The highest BCUT2D eigenvalue weighted by molar-refractivity contribution is 9.10. The van der Waals surface area contributed by atoms with E-state index in [9.17, 15) is 28.1 Å². The highest BCUT2D eigenvalue weighted by Crippen LogP contribution is 2.33. The topological polar surface area (TPSA) is 93.8 Å². The number of nitrogens with one attached hydrogen (secondary N) is 1. The molecule has 7 nitrogen and oxygen atoms in total. The Morgan fingerprint density at radius 1 is 1.03 bits per heavy atom. The van der Waals surface area contributed by atoms with Crippen LogP contribution in [0.3, 0.4) is 0 Å². The van der Waals surface area contributed by atoms with E-state index in [1.54, 1.807) is 18.2 Å². The van der Waals surface area contributed by atoms with Gasteiger partial charge in [0.1, 0.15) is 12.4 Å². The van der Waals surface area contributed by atoms with Gasteiger partial charge >= 0.3 is 6.18 Å². The number of alkyl halides is 3. The van der Waals surface area contributed by atoms with Gasteiger partial charge in [-0.3, -0.25) is 14.9 Å². The van der Waals surface area contributed by atoms with Crippen LogP contribution >= 0.6 is 15.9 Å². The number of amides is 1. The van der Waals surface area contributed by atoms with E-state index in [0.29, 0.717) is 34.5 Å². The van der Waals surface area contributed by atoms with Gasteiger partial charge in [0.15, 0.2) is 0 Å². The lowest BCUT2D eigenvalue weighted by Crippen LogP contribution is -2.20. The van der Waals surface area contributed by atoms with Crippen molar-refractivity contribution < 1.29 is 27.6 Å². The molecule has 4 aromatic carbocycles. The number of hydrogen-bond donors (Lipinski definition) is 1. The Hall–Kier alpha value is -4.25. The summed E-state index contributed by atoms with van der Waals surface area (Å²) in [6, 6.07) is 21.3. The minimum absolute atomic E-state index is 0.161. The quantitative estimate of drug-likeness (QED) is 0.140. The molecule has 4 aromatic rings. The van der Waals surface area contributed by atoms with Crippen molar-refractivity contribution in [3.05, 3.63) is 116 Å². The Kier molecular flexibility index (Phi) is 8.06. The third-order valence-electron chi connectivity index (χ3n) is 5.53. The van der Waals surface area contributed by atoms with E-state index >= 15 is 0 Å². The van der Waals surface area contributed by atoms with Crippen LogP contribution in [0.25, 0.3) is 10.8 Å². The Labute approximate surface area is 223 Å². The molecule has 0 radical (unpaired) electrons. The SMILES string of the molecule is O=C(Cc1ccc(C(F)(F)F)cc1[N+](=O)[O-])N/N=C/c1ccc(OCc2ccc3ccccc3c2)c(Br)c1. The minimum atomic E-state index is -4.73. The van der Waals surface area contributed by atoms with Gasteiger partial charge in [-0.05, 0) is 68.2 Å². The summed E-state index contributed by atoms with van der Waals surface area (Å²) in [6.07, 6.45) is -3.89. The number of hydrogen-bond acceptors (Lipinski definition) is 5. The van der Waals surface area contributed by atoms with Crippen molar-refractivity contribution in [2.75, 3.05) is 0 Å². The Morgan fingerprint density at radius 2 is 1.79 bits per heavy atom. The first kappa shape index (κ1) is 26.8. The predicted octanol–water partition coefficient (Wildman–Crippen LogP) is 6.80. The maximum atomic E-state index is 12.8. The van der Waals surface area contributed by atoms with Gasteiger partial charge in [0.2, 0.25) is 5.91 Å². The number of nitro groups is 1. The second-order valence-electron chi connectivity index (χ2n) is 8.23. The Bertz CT molecular complexity index is 1540. The Morgan fingerprint density at radius 3 is 2.50 bits per heavy atom. The second kappa shape index (κ2) is 11.4. The van der Waals surface area contributed by atoms with E-state index in [1.807, 2.05) is 36.4 Å². The van der Waals surface area contributed by atoms with E-state index in [1.165, 1.54) is 6.21 Å². The van der Waals surface area contributed by atoms with Gasteiger partial charge in [-0.1, -0.05) is 42.5 Å². The number of fused-ring (bicyclic) bond motifs is 1. The lowest BCUT2D eigenvalue weighted by atomic mass is 10.1. The zero-order valence-corrected chi connectivity index (χ0v) is 21.1. The molecule has 194 valence electrons. The third kappa shape index (κ3) is 6.74. The fourth-order valence-corrected chi connectivity index (χ4v) is 4.17. The third-order valence-corrected chi connectivity index (χ3v) is 6.15. The van der Waals surface area contributed by atoms with Crippen LogP contribution in [0.2, 0.25) is 0 Å². The summed E-state index contributed by atoms with van der Waals surface area (Å²) in [4.78, 5) is 22.4. The fraction of sp³-hybridized carbons (Fsp3) is 0.111. The molecule has 1 N–H and O–H groups in total. The Balaban J connectivity index is 1.35. The molecular weight excluding hydrogens is 567 g/mol. The van der Waals surface area contributed by atoms with Gasteiger partial charge in [0.25, 0.3) is 5.69 Å². The van der Waals surface area contributed by atoms with Crippen molar-refractivity contribution in [2.24, 2.45) is 5.10 Å². The molecule has 11 heteroatoms. The van der Waals surface area contributed by atoms with Crippen LogP contribution in [0.15, 0.2) is 88.4 Å². The molecular formula is C27H19BrF3N3O4. The first-order chi connectivity index (χ1) is 18.1. The molecule has 0 fully saturated rings. The fourth-order valence-electron chi connectivity index (χ4n) is 3.66. The summed E-state index contributed by atoms with van der Waals surface area (Å²) < 4.78 is 45.1. The standard InChI is InChI=1S/C27H19BrF3N3O4/c28-23-12-17(6-10-25(23)38-16-18-5-7-19-3-1-2-4-20(19)11-18)15-32-33-26(35)13-21-8-9-22(27(29,30)31)14-24(21)34(36)37/h1-12,14-15H,13,16H2,(H,33,35)/b32-15+. The molecule has 0 aromatic heterocycles. The number of hydrazone groups is 1. The minimum Gasteiger partial charge on any atom is -0.488 e. The van der Waals surface area contributed by atoms with Crippen LogP contribution in [0.5, 0.6) is 5.75 Å². The van der Waals surface area contributed by atoms with Gasteiger partial charge in [-0.25, -0.2) is 5.43 Å². The molecule has 0 saturated carbocycles. The van der Waals surface area contributed by atoms with Crippen molar-refractivity contribution in [1.82, 2.24) is 5.43 Å². The monoisotopic (exact) mass is 585 g/mol. The summed E-state index contributed by atoms with van der Waals surface area (Å²) in [5.41, 5.74) is 1.74. The van der Waals surface area contributed by atoms with Crippen molar-refractivity contribution in [3.8, 4) is 5.75 Å². The molecule has 0 bridgehead atoms. The van der Waals surface area contributed by atoms with Crippen molar-refractivity contribution in [3.63, 3.8) is 0 Å². The maximum absolute atomic E-state index is 12.8. The van der Waals surface area contributed by atoms with E-state index in [2.05, 4.69) is 32.5 Å². The van der Waals surface area contributed by atoms with Gasteiger partial charge in [-0.2, -0.15) is 18.3 Å². The van der Waals surface area contributed by atoms with Gasteiger partial charge in [0, 0.05) is 11.6 Å². The second-order valence-corrected chi connectivity index (χ2v) is 9.08. The van der Waals surface area contributed by atoms with Crippen LogP contribution in [-0.2, 0) is 24.0 Å². The lowest BCUT2D eigenvalue weighted by Gasteiger charge is -2.10. The van der Waals surface area contributed by atoms with Crippen LogP contribution in [0, 0.1) is 10.1 Å². The van der Waals surface area contributed by atoms with E-state index in [-0.39, 0.29) is 5.56 Å². The molecule has 38 heavy (non-hydrogen) atoms. The largest absolute Gasteiger partial charge is 0.488 e. The number of halogens is 4. The highest BCUT2D eigenvalue weighted by Gasteiger charge is 2.33. The molecule has 1 amide bonds. The zero-order chi connectivity index (χ0) is 27.3. The van der Waals surface area contributed by atoms with E-state index < -0.39 is 34.7 Å². The summed E-state index contributed by atoms with van der Waals surface area (Å²) in [6.45, 7) is 0.364. The number of nitrogens with zero attached hydrogens (tertiary/aromatic N) is 2. The van der Waals surface area contributed by atoms with Gasteiger partial charge in [-0.15, -0.1) is 0 Å².